The van der Waals surface area contributed by atoms with E-state index < -0.39 is 5.60 Å². The molecular formula is C29H33NO3. The highest BCUT2D eigenvalue weighted by Crippen LogP contribution is 2.67. The van der Waals surface area contributed by atoms with Crippen molar-refractivity contribution in [2.24, 2.45) is 28.3 Å². The molecule has 0 aliphatic heterocycles. The smallest absolute Gasteiger partial charge is 0.156 e. The molecule has 1 aromatic carbocycles. The third kappa shape index (κ3) is 3.32. The number of benzene rings is 1. The van der Waals surface area contributed by atoms with Crippen molar-refractivity contribution in [3.8, 4) is 11.8 Å². The van der Waals surface area contributed by atoms with Gasteiger partial charge in [-0.1, -0.05) is 54.8 Å². The summed E-state index contributed by atoms with van der Waals surface area (Å²) >= 11 is 0. The standard InChI is InChI=1S/C29H33NO3/c1-4-12-29(32)13-11-25-26-18(2)14-21-15-22(31)9-10-23(21)27(26)24(16-28(25,29)3)20-7-5-19(6-8-20)17-30-33/h5-8,15,17-18,24-26,32-33H,9-11,13-14,16H2,1-3H3/b30-17+/t18-,24?,25?,26?,28+,29+/m1/s1. The minimum absolute atomic E-state index is 0.175. The fraction of sp³-hybridized carbons (Fsp3) is 0.517. The van der Waals surface area contributed by atoms with E-state index in [0.717, 1.165) is 37.7 Å². The second-order valence-electron chi connectivity index (χ2n) is 10.7. The number of carbonyl (C=O) groups is 1. The molecule has 4 aliphatic rings. The minimum atomic E-state index is -0.970. The molecule has 6 atom stereocenters. The van der Waals surface area contributed by atoms with Crippen molar-refractivity contribution in [2.75, 3.05) is 0 Å². The number of carbonyl (C=O) groups excluding carboxylic acids is 1. The Labute approximate surface area is 196 Å². The van der Waals surface area contributed by atoms with Gasteiger partial charge in [-0.25, -0.2) is 0 Å². The summed E-state index contributed by atoms with van der Waals surface area (Å²) in [6.07, 6.45) is 8.27. The van der Waals surface area contributed by atoms with Crippen LogP contribution in [0.25, 0.3) is 0 Å². The number of oxime groups is 1. The first-order valence-corrected chi connectivity index (χ1v) is 12.2. The zero-order valence-corrected chi connectivity index (χ0v) is 19.8. The van der Waals surface area contributed by atoms with Crippen LogP contribution in [-0.2, 0) is 4.79 Å². The number of fused-ring (bicyclic) bond motifs is 4. The van der Waals surface area contributed by atoms with Gasteiger partial charge >= 0.3 is 0 Å². The summed E-state index contributed by atoms with van der Waals surface area (Å²) in [6, 6.07) is 8.24. The third-order valence-corrected chi connectivity index (χ3v) is 9.10. The largest absolute Gasteiger partial charge is 0.411 e. The van der Waals surface area contributed by atoms with E-state index in [1.165, 1.54) is 28.5 Å². The Morgan fingerprint density at radius 2 is 1.97 bits per heavy atom. The summed E-state index contributed by atoms with van der Waals surface area (Å²) < 4.78 is 0. The van der Waals surface area contributed by atoms with Gasteiger partial charge in [-0.05, 0) is 85.1 Å². The Morgan fingerprint density at radius 1 is 1.21 bits per heavy atom. The topological polar surface area (TPSA) is 69.9 Å². The van der Waals surface area contributed by atoms with Gasteiger partial charge in [0.05, 0.1) is 6.21 Å². The van der Waals surface area contributed by atoms with Gasteiger partial charge < -0.3 is 10.3 Å². The fourth-order valence-corrected chi connectivity index (χ4v) is 7.61. The molecule has 2 fully saturated rings. The van der Waals surface area contributed by atoms with Crippen molar-refractivity contribution in [3.05, 3.63) is 58.2 Å². The van der Waals surface area contributed by atoms with E-state index in [1.807, 2.05) is 25.1 Å². The highest BCUT2D eigenvalue weighted by atomic mass is 16.4. The van der Waals surface area contributed by atoms with Crippen molar-refractivity contribution in [1.29, 1.82) is 0 Å². The minimum Gasteiger partial charge on any atom is -0.411 e. The lowest BCUT2D eigenvalue weighted by Gasteiger charge is -2.55. The van der Waals surface area contributed by atoms with E-state index in [9.17, 15) is 9.90 Å². The molecule has 33 heavy (non-hydrogen) atoms. The molecule has 0 heterocycles. The Morgan fingerprint density at radius 3 is 2.67 bits per heavy atom. The van der Waals surface area contributed by atoms with Gasteiger partial charge in [-0.3, -0.25) is 4.79 Å². The summed E-state index contributed by atoms with van der Waals surface area (Å²) in [5.41, 5.74) is 4.97. The van der Waals surface area contributed by atoms with Gasteiger partial charge in [-0.2, -0.15) is 0 Å². The van der Waals surface area contributed by atoms with Crippen LogP contribution in [0.2, 0.25) is 0 Å². The second kappa shape index (κ2) is 7.99. The number of nitrogens with zero attached hydrogens (tertiary/aromatic N) is 1. The molecule has 4 nitrogen and oxygen atoms in total. The maximum absolute atomic E-state index is 12.2. The SMILES string of the molecule is CC#C[C@]1(O)CCC2C3C(=C4CCC(=O)C=C4C[C@H]3C)C(c3ccc(/C=N/O)cc3)C[C@@]21C. The van der Waals surface area contributed by atoms with Crippen molar-refractivity contribution in [1.82, 2.24) is 0 Å². The number of hydrogen-bond acceptors (Lipinski definition) is 4. The summed E-state index contributed by atoms with van der Waals surface area (Å²) in [5.74, 6) is 7.86. The van der Waals surface area contributed by atoms with Crippen LogP contribution in [0, 0.1) is 35.0 Å². The molecule has 0 bridgehead atoms. The highest BCUT2D eigenvalue weighted by molar-refractivity contribution is 5.93. The molecule has 0 radical (unpaired) electrons. The first-order chi connectivity index (χ1) is 15.8. The highest BCUT2D eigenvalue weighted by Gasteiger charge is 2.63. The van der Waals surface area contributed by atoms with E-state index in [0.29, 0.717) is 24.2 Å². The Balaban J connectivity index is 1.70. The van der Waals surface area contributed by atoms with Crippen molar-refractivity contribution >= 4 is 12.0 Å². The second-order valence-corrected chi connectivity index (χ2v) is 10.7. The average molecular weight is 444 g/mol. The van der Waals surface area contributed by atoms with Gasteiger partial charge in [0.15, 0.2) is 5.78 Å². The maximum atomic E-state index is 12.2. The first kappa shape index (κ1) is 22.2. The van der Waals surface area contributed by atoms with Crippen molar-refractivity contribution in [3.63, 3.8) is 0 Å². The van der Waals surface area contributed by atoms with E-state index in [2.05, 4.69) is 43.0 Å². The summed E-state index contributed by atoms with van der Waals surface area (Å²) in [4.78, 5) is 12.2. The molecule has 1 aromatic rings. The van der Waals surface area contributed by atoms with Crippen LogP contribution in [0.5, 0.6) is 0 Å². The first-order valence-electron chi connectivity index (χ1n) is 12.2. The van der Waals surface area contributed by atoms with Crippen LogP contribution in [0.4, 0.5) is 0 Å². The zero-order valence-electron chi connectivity index (χ0n) is 19.8. The van der Waals surface area contributed by atoms with Crippen LogP contribution in [-0.4, -0.2) is 27.9 Å². The molecule has 0 spiro atoms. The Kier molecular flexibility index (Phi) is 5.37. The molecule has 0 saturated heterocycles. The van der Waals surface area contributed by atoms with E-state index in [-0.39, 0.29) is 17.1 Å². The van der Waals surface area contributed by atoms with Gasteiger partial charge in [0.2, 0.25) is 0 Å². The summed E-state index contributed by atoms with van der Waals surface area (Å²) in [5, 5.41) is 23.8. The number of allylic oxidation sites excluding steroid dienone is 4. The lowest BCUT2D eigenvalue weighted by atomic mass is 9.49. The molecule has 172 valence electrons. The molecule has 4 aliphatic carbocycles. The third-order valence-electron chi connectivity index (χ3n) is 9.10. The predicted molar refractivity (Wildman–Crippen MR) is 129 cm³/mol. The molecule has 0 amide bonds. The Bertz CT molecular complexity index is 1130. The number of aliphatic hydroxyl groups is 1. The van der Waals surface area contributed by atoms with Gasteiger partial charge in [0.25, 0.3) is 0 Å². The van der Waals surface area contributed by atoms with Crippen LogP contribution in [0.15, 0.2) is 52.2 Å². The van der Waals surface area contributed by atoms with E-state index >= 15 is 0 Å². The zero-order chi connectivity index (χ0) is 23.4. The number of rotatable bonds is 2. The molecule has 2 N–H and O–H groups in total. The van der Waals surface area contributed by atoms with Crippen LogP contribution >= 0.6 is 0 Å². The van der Waals surface area contributed by atoms with E-state index in [4.69, 9.17) is 5.21 Å². The average Bonchev–Trinajstić information content (AvgIpc) is 3.04. The van der Waals surface area contributed by atoms with Gasteiger partial charge in [-0.15, -0.1) is 5.92 Å². The summed E-state index contributed by atoms with van der Waals surface area (Å²) in [6.45, 7) is 6.41. The van der Waals surface area contributed by atoms with Crippen molar-refractivity contribution in [2.45, 2.75) is 70.8 Å². The molecule has 5 rings (SSSR count). The lowest BCUT2D eigenvalue weighted by molar-refractivity contribution is -0.114. The van der Waals surface area contributed by atoms with Crippen LogP contribution < -0.4 is 0 Å². The Hall–Kier alpha value is -2.64. The van der Waals surface area contributed by atoms with Crippen LogP contribution in [0.1, 0.15) is 76.3 Å². The maximum Gasteiger partial charge on any atom is 0.156 e. The lowest BCUT2D eigenvalue weighted by Crippen LogP contribution is -2.52. The van der Waals surface area contributed by atoms with Gasteiger partial charge in [0, 0.05) is 17.8 Å². The molecule has 0 aromatic heterocycles. The fourth-order valence-electron chi connectivity index (χ4n) is 7.61. The molecular weight excluding hydrogens is 410 g/mol. The number of ketones is 1. The monoisotopic (exact) mass is 443 g/mol. The predicted octanol–water partition coefficient (Wildman–Crippen LogP) is 5.39. The normalized spacial score (nSPS) is 37.7. The van der Waals surface area contributed by atoms with Crippen molar-refractivity contribution < 1.29 is 15.1 Å². The van der Waals surface area contributed by atoms with Gasteiger partial charge in [0.1, 0.15) is 5.60 Å². The summed E-state index contributed by atoms with van der Waals surface area (Å²) in [7, 11) is 0. The molecule has 2 saturated carbocycles. The molecule has 3 unspecified atom stereocenters. The van der Waals surface area contributed by atoms with Crippen LogP contribution in [0.3, 0.4) is 0 Å². The molecule has 4 heteroatoms. The van der Waals surface area contributed by atoms with E-state index in [1.54, 1.807) is 0 Å². The quantitative estimate of drug-likeness (QED) is 0.278. The number of hydrogen-bond donors (Lipinski definition) is 2.